The van der Waals surface area contributed by atoms with Crippen LogP contribution in [0.2, 0.25) is 5.02 Å². The van der Waals surface area contributed by atoms with Crippen molar-refractivity contribution in [2.24, 2.45) is 0 Å². The van der Waals surface area contributed by atoms with Crippen LogP contribution in [-0.4, -0.2) is 26.4 Å². The Bertz CT molecular complexity index is 1400. The molecule has 2 fully saturated rings. The highest BCUT2D eigenvalue weighted by Crippen LogP contribution is 2.42. The fourth-order valence-corrected chi connectivity index (χ4v) is 5.16. The van der Waals surface area contributed by atoms with Crippen molar-refractivity contribution in [1.82, 2.24) is 19.7 Å². The molecule has 2 aromatic carbocycles. The normalized spacial score (nSPS) is 20.7. The van der Waals surface area contributed by atoms with E-state index in [1.54, 1.807) is 6.07 Å². The van der Waals surface area contributed by atoms with Crippen LogP contribution in [0, 0.1) is 19.7 Å². The fourth-order valence-electron chi connectivity index (χ4n) is 4.89. The van der Waals surface area contributed by atoms with Gasteiger partial charge in [0.1, 0.15) is 5.82 Å². The van der Waals surface area contributed by atoms with Crippen molar-refractivity contribution in [2.45, 2.75) is 57.6 Å². The van der Waals surface area contributed by atoms with Crippen molar-refractivity contribution in [2.75, 3.05) is 6.61 Å². The summed E-state index contributed by atoms with van der Waals surface area (Å²) in [6.45, 7) is 4.62. The van der Waals surface area contributed by atoms with Crippen LogP contribution in [0.25, 0.3) is 22.2 Å². The third-order valence-electron chi connectivity index (χ3n) is 7.09. The van der Waals surface area contributed by atoms with Gasteiger partial charge in [0, 0.05) is 29.5 Å². The average Bonchev–Trinajstić information content (AvgIpc) is 3.56. The maximum atomic E-state index is 13.8. The molecule has 4 aromatic rings. The Morgan fingerprint density at radius 1 is 1.00 bits per heavy atom. The van der Waals surface area contributed by atoms with Crippen LogP contribution < -0.4 is 0 Å². The van der Waals surface area contributed by atoms with Crippen molar-refractivity contribution in [3.63, 3.8) is 0 Å². The molecule has 2 aromatic heterocycles. The second kappa shape index (κ2) is 8.43. The summed E-state index contributed by atoms with van der Waals surface area (Å²) >= 11 is 6.49. The number of fused-ring (bicyclic) bond motifs is 1. The molecule has 1 saturated heterocycles. The predicted octanol–water partition coefficient (Wildman–Crippen LogP) is 6.87. The molecule has 6 rings (SSSR count). The summed E-state index contributed by atoms with van der Waals surface area (Å²) in [6, 6.07) is 9.39. The second-order valence-electron chi connectivity index (χ2n) is 9.52. The third kappa shape index (κ3) is 3.99. The zero-order valence-corrected chi connectivity index (χ0v) is 20.0. The first-order valence-corrected chi connectivity index (χ1v) is 12.2. The topological polar surface area (TPSA) is 52.8 Å². The van der Waals surface area contributed by atoms with Crippen LogP contribution >= 0.6 is 11.6 Å². The van der Waals surface area contributed by atoms with Crippen molar-refractivity contribution >= 4 is 22.6 Å². The second-order valence-corrected chi connectivity index (χ2v) is 9.93. The first kappa shape index (κ1) is 21.7. The molecule has 7 heteroatoms. The molecule has 0 unspecified atom stereocenters. The lowest BCUT2D eigenvalue weighted by Gasteiger charge is -2.30. The van der Waals surface area contributed by atoms with E-state index in [2.05, 4.69) is 28.1 Å². The largest absolute Gasteiger partial charge is 0.373 e. The molecule has 2 atom stereocenters. The Hall–Kier alpha value is -2.83. The molecule has 0 spiro atoms. The predicted molar refractivity (Wildman–Crippen MR) is 131 cm³/mol. The van der Waals surface area contributed by atoms with E-state index in [0.717, 1.165) is 52.0 Å². The van der Waals surface area contributed by atoms with Gasteiger partial charge in [-0.1, -0.05) is 11.6 Å². The van der Waals surface area contributed by atoms with E-state index in [1.807, 2.05) is 20.0 Å². The fraction of sp³-hybridized carbons (Fsp3) is 0.370. The minimum atomic E-state index is -0.355. The van der Waals surface area contributed by atoms with Gasteiger partial charge in [-0.2, -0.15) is 5.10 Å². The molecule has 0 bridgehead atoms. The highest BCUT2D eigenvalue weighted by molar-refractivity contribution is 6.33. The van der Waals surface area contributed by atoms with Gasteiger partial charge in [-0.25, -0.2) is 14.4 Å². The Balaban J connectivity index is 1.41. The van der Waals surface area contributed by atoms with Crippen LogP contribution in [0.15, 0.2) is 42.7 Å². The monoisotopic (exact) mass is 476 g/mol. The maximum Gasteiger partial charge on any atom is 0.124 e. The minimum absolute atomic E-state index is 0.0191. The minimum Gasteiger partial charge on any atom is -0.373 e. The van der Waals surface area contributed by atoms with E-state index >= 15 is 0 Å². The molecule has 3 heterocycles. The molecule has 174 valence electrons. The van der Waals surface area contributed by atoms with Crippen LogP contribution in [-0.2, 0) is 4.74 Å². The van der Waals surface area contributed by atoms with Gasteiger partial charge in [0.05, 0.1) is 45.8 Å². The van der Waals surface area contributed by atoms with E-state index in [9.17, 15) is 4.39 Å². The van der Waals surface area contributed by atoms with Crippen LogP contribution in [0.3, 0.4) is 0 Å². The first-order chi connectivity index (χ1) is 16.5. The number of rotatable bonds is 4. The molecular weight excluding hydrogens is 451 g/mol. The molecule has 1 aliphatic heterocycles. The van der Waals surface area contributed by atoms with Gasteiger partial charge in [-0.15, -0.1) is 0 Å². The van der Waals surface area contributed by atoms with E-state index < -0.39 is 0 Å². The number of hydrogen-bond acceptors (Lipinski definition) is 4. The number of benzene rings is 2. The molecule has 0 radical (unpaired) electrons. The summed E-state index contributed by atoms with van der Waals surface area (Å²) in [7, 11) is 0. The number of nitrogens with zero attached hydrogens (tertiary/aromatic N) is 4. The Kier molecular flexibility index (Phi) is 5.38. The van der Waals surface area contributed by atoms with Crippen molar-refractivity contribution in [3.05, 3.63) is 76.1 Å². The third-order valence-corrected chi connectivity index (χ3v) is 7.41. The first-order valence-electron chi connectivity index (χ1n) is 11.9. The lowest BCUT2D eigenvalue weighted by molar-refractivity contribution is 0.00524. The molecule has 0 amide bonds. The molecule has 2 aliphatic rings. The summed E-state index contributed by atoms with van der Waals surface area (Å²) in [4.78, 5) is 9.69. The lowest BCUT2D eigenvalue weighted by atomic mass is 9.85. The Morgan fingerprint density at radius 2 is 1.82 bits per heavy atom. The van der Waals surface area contributed by atoms with Crippen LogP contribution in [0.5, 0.6) is 0 Å². The van der Waals surface area contributed by atoms with Crippen LogP contribution in [0.1, 0.15) is 66.3 Å². The van der Waals surface area contributed by atoms with Crippen molar-refractivity contribution < 1.29 is 9.13 Å². The number of aryl methyl sites for hydroxylation is 2. The van der Waals surface area contributed by atoms with Gasteiger partial charge < -0.3 is 4.74 Å². The van der Waals surface area contributed by atoms with Gasteiger partial charge in [0.25, 0.3) is 0 Å². The van der Waals surface area contributed by atoms with E-state index in [1.165, 1.54) is 30.5 Å². The van der Waals surface area contributed by atoms with Crippen molar-refractivity contribution in [1.29, 1.82) is 0 Å². The van der Waals surface area contributed by atoms with Gasteiger partial charge in [0.15, 0.2) is 0 Å². The van der Waals surface area contributed by atoms with Crippen LogP contribution in [0.4, 0.5) is 4.39 Å². The van der Waals surface area contributed by atoms with Gasteiger partial charge in [0.2, 0.25) is 0 Å². The number of hydrogen-bond donors (Lipinski definition) is 0. The molecule has 1 aliphatic carbocycles. The standard InChI is InChI=1S/C27H26ClFN4O/c1-15-16(2)32-27-23(22-6-3-20(29)12-24(22)28)9-18(10-25(27)31-15)17-7-8-34-26(11-17)19-13-30-33(14-19)21-4-5-21/h3,6,9-10,12-14,17,21,26H,4-5,7-8,11H2,1-2H3/t17-,26-/m0/s1. The summed E-state index contributed by atoms with van der Waals surface area (Å²) in [5, 5.41) is 4.92. The van der Waals surface area contributed by atoms with E-state index in [0.29, 0.717) is 23.6 Å². The van der Waals surface area contributed by atoms with E-state index in [-0.39, 0.29) is 11.9 Å². The summed E-state index contributed by atoms with van der Waals surface area (Å²) in [6.07, 6.45) is 8.33. The summed E-state index contributed by atoms with van der Waals surface area (Å²) in [5.41, 5.74) is 7.38. The summed E-state index contributed by atoms with van der Waals surface area (Å²) < 4.78 is 22.0. The quantitative estimate of drug-likeness (QED) is 0.322. The Labute approximate surface area is 202 Å². The zero-order chi connectivity index (χ0) is 23.4. The molecule has 5 nitrogen and oxygen atoms in total. The molecule has 0 N–H and O–H groups in total. The van der Waals surface area contributed by atoms with Gasteiger partial charge in [-0.05, 0) is 81.3 Å². The molecule has 1 saturated carbocycles. The SMILES string of the molecule is Cc1nc2cc([C@H]3CCO[C@H](c4cnn(C5CC5)c4)C3)cc(-c3ccc(F)cc3Cl)c2nc1C. The number of halogens is 2. The summed E-state index contributed by atoms with van der Waals surface area (Å²) in [5.74, 6) is -0.0554. The molecule has 34 heavy (non-hydrogen) atoms. The lowest BCUT2D eigenvalue weighted by Crippen LogP contribution is -2.18. The average molecular weight is 477 g/mol. The zero-order valence-electron chi connectivity index (χ0n) is 19.3. The molecular formula is C27H26ClFN4O. The van der Waals surface area contributed by atoms with E-state index in [4.69, 9.17) is 26.3 Å². The number of ether oxygens (including phenoxy) is 1. The van der Waals surface area contributed by atoms with Crippen molar-refractivity contribution in [3.8, 4) is 11.1 Å². The highest BCUT2D eigenvalue weighted by Gasteiger charge is 2.29. The highest BCUT2D eigenvalue weighted by atomic mass is 35.5. The Morgan fingerprint density at radius 3 is 2.62 bits per heavy atom. The smallest absolute Gasteiger partial charge is 0.124 e. The van der Waals surface area contributed by atoms with Gasteiger partial charge in [-0.3, -0.25) is 4.68 Å². The maximum absolute atomic E-state index is 13.8. The van der Waals surface area contributed by atoms with Gasteiger partial charge >= 0.3 is 0 Å². The number of aromatic nitrogens is 4.